The Bertz CT molecular complexity index is 145. The molecule has 0 aliphatic rings. The predicted octanol–water partition coefficient (Wildman–Crippen LogP) is 2.78. The molecule has 0 aliphatic heterocycles. The van der Waals surface area contributed by atoms with Crippen molar-refractivity contribution in [3.05, 3.63) is 0 Å². The third-order valence-electron chi connectivity index (χ3n) is 2.40. The molecular formula is C12H27NOS. The van der Waals surface area contributed by atoms with Crippen molar-refractivity contribution in [1.29, 1.82) is 0 Å². The van der Waals surface area contributed by atoms with Crippen molar-refractivity contribution in [2.45, 2.75) is 40.2 Å². The maximum absolute atomic E-state index is 5.05. The van der Waals surface area contributed by atoms with Crippen molar-refractivity contribution in [1.82, 2.24) is 5.32 Å². The van der Waals surface area contributed by atoms with Crippen LogP contribution in [0.5, 0.6) is 0 Å². The fourth-order valence-corrected chi connectivity index (χ4v) is 2.58. The van der Waals surface area contributed by atoms with E-state index >= 15 is 0 Å². The molecule has 0 aromatic rings. The molecule has 1 unspecified atom stereocenters. The zero-order chi connectivity index (χ0) is 11.7. The first kappa shape index (κ1) is 15.3. The van der Waals surface area contributed by atoms with Crippen molar-refractivity contribution in [2.75, 3.05) is 31.8 Å². The SMILES string of the molecule is CCCNC(CSCCOC)C(C)(C)C. The molecule has 2 nitrogen and oxygen atoms in total. The Balaban J connectivity index is 3.81. The molecule has 0 rings (SSSR count). The number of ether oxygens (including phenoxy) is 1. The van der Waals surface area contributed by atoms with Crippen LogP contribution in [0, 0.1) is 5.41 Å². The van der Waals surface area contributed by atoms with Gasteiger partial charge in [-0.3, -0.25) is 0 Å². The second kappa shape index (κ2) is 8.43. The van der Waals surface area contributed by atoms with Crippen molar-refractivity contribution in [3.8, 4) is 0 Å². The number of nitrogens with one attached hydrogen (secondary N) is 1. The molecule has 0 bridgehead atoms. The van der Waals surface area contributed by atoms with Gasteiger partial charge in [0.05, 0.1) is 6.61 Å². The Kier molecular flexibility index (Phi) is 8.58. The number of hydrogen-bond acceptors (Lipinski definition) is 3. The summed E-state index contributed by atoms with van der Waals surface area (Å²) in [7, 11) is 1.76. The van der Waals surface area contributed by atoms with Crippen LogP contribution >= 0.6 is 11.8 Å². The quantitative estimate of drug-likeness (QED) is 0.651. The highest BCUT2D eigenvalue weighted by atomic mass is 32.2. The molecule has 15 heavy (non-hydrogen) atoms. The largest absolute Gasteiger partial charge is 0.384 e. The first-order valence-corrected chi connectivity index (χ1v) is 6.98. The van der Waals surface area contributed by atoms with Crippen molar-refractivity contribution in [2.24, 2.45) is 5.41 Å². The lowest BCUT2D eigenvalue weighted by molar-refractivity contribution is 0.218. The Hall–Kier alpha value is 0.270. The topological polar surface area (TPSA) is 21.3 Å². The molecule has 0 aromatic heterocycles. The molecule has 3 heteroatoms. The second-order valence-corrected chi connectivity index (χ2v) is 6.09. The van der Waals surface area contributed by atoms with Crippen LogP contribution < -0.4 is 5.32 Å². The second-order valence-electron chi connectivity index (χ2n) is 4.94. The maximum atomic E-state index is 5.05. The van der Waals surface area contributed by atoms with E-state index in [9.17, 15) is 0 Å². The molecule has 1 atom stereocenters. The molecule has 0 heterocycles. The van der Waals surface area contributed by atoms with Gasteiger partial charge in [-0.2, -0.15) is 11.8 Å². The smallest absolute Gasteiger partial charge is 0.0552 e. The fraction of sp³-hybridized carbons (Fsp3) is 1.00. The molecular weight excluding hydrogens is 206 g/mol. The molecule has 92 valence electrons. The van der Waals surface area contributed by atoms with Gasteiger partial charge in [0.1, 0.15) is 0 Å². The van der Waals surface area contributed by atoms with Crippen LogP contribution in [0.3, 0.4) is 0 Å². The Morgan fingerprint density at radius 2 is 2.00 bits per heavy atom. The monoisotopic (exact) mass is 233 g/mol. The first-order valence-electron chi connectivity index (χ1n) is 5.82. The number of methoxy groups -OCH3 is 1. The lowest BCUT2D eigenvalue weighted by atomic mass is 9.88. The summed E-state index contributed by atoms with van der Waals surface area (Å²) in [4.78, 5) is 0. The molecule has 0 radical (unpaired) electrons. The molecule has 0 spiro atoms. The summed E-state index contributed by atoms with van der Waals surface area (Å²) in [6.45, 7) is 11.1. The van der Waals surface area contributed by atoms with Crippen LogP contribution in [0.2, 0.25) is 0 Å². The molecule has 0 amide bonds. The third kappa shape index (κ3) is 8.12. The van der Waals surface area contributed by atoms with Crippen LogP contribution in [0.15, 0.2) is 0 Å². The highest BCUT2D eigenvalue weighted by molar-refractivity contribution is 7.99. The Morgan fingerprint density at radius 3 is 2.47 bits per heavy atom. The standard InChI is InChI=1S/C12H27NOS/c1-6-7-13-11(12(2,3)4)10-15-9-8-14-5/h11,13H,6-10H2,1-5H3. The van der Waals surface area contributed by atoms with Gasteiger partial charge in [-0.1, -0.05) is 27.7 Å². The average Bonchev–Trinajstić information content (AvgIpc) is 2.15. The van der Waals surface area contributed by atoms with E-state index in [1.807, 2.05) is 11.8 Å². The van der Waals surface area contributed by atoms with E-state index in [4.69, 9.17) is 4.74 Å². The summed E-state index contributed by atoms with van der Waals surface area (Å²) in [5, 5.41) is 3.62. The number of hydrogen-bond donors (Lipinski definition) is 1. The molecule has 1 N–H and O–H groups in total. The van der Waals surface area contributed by atoms with Crippen LogP contribution in [0.25, 0.3) is 0 Å². The van der Waals surface area contributed by atoms with Gasteiger partial charge >= 0.3 is 0 Å². The van der Waals surface area contributed by atoms with E-state index in [0.717, 1.165) is 18.9 Å². The maximum Gasteiger partial charge on any atom is 0.0552 e. The summed E-state index contributed by atoms with van der Waals surface area (Å²) >= 11 is 1.98. The Labute approximate surface area is 99.5 Å². The van der Waals surface area contributed by atoms with Crippen LogP contribution in [-0.4, -0.2) is 37.8 Å². The first-order chi connectivity index (χ1) is 7.02. The molecule has 0 saturated heterocycles. The molecule has 0 fully saturated rings. The zero-order valence-electron chi connectivity index (χ0n) is 10.9. The van der Waals surface area contributed by atoms with Gasteiger partial charge in [0.15, 0.2) is 0 Å². The van der Waals surface area contributed by atoms with Gasteiger partial charge < -0.3 is 10.1 Å². The molecule has 0 saturated carbocycles. The van der Waals surface area contributed by atoms with Crippen molar-refractivity contribution in [3.63, 3.8) is 0 Å². The lowest BCUT2D eigenvalue weighted by Gasteiger charge is -2.31. The van der Waals surface area contributed by atoms with Crippen molar-refractivity contribution < 1.29 is 4.74 Å². The van der Waals surface area contributed by atoms with Gasteiger partial charge in [0.25, 0.3) is 0 Å². The van der Waals surface area contributed by atoms with Gasteiger partial charge in [-0.15, -0.1) is 0 Å². The summed E-state index contributed by atoms with van der Waals surface area (Å²) in [6.07, 6.45) is 1.20. The van der Waals surface area contributed by atoms with Crippen molar-refractivity contribution >= 4 is 11.8 Å². The summed E-state index contributed by atoms with van der Waals surface area (Å²) in [5.74, 6) is 2.27. The summed E-state index contributed by atoms with van der Waals surface area (Å²) in [5.41, 5.74) is 0.343. The van der Waals surface area contributed by atoms with Crippen LogP contribution in [0.4, 0.5) is 0 Å². The van der Waals surface area contributed by atoms with E-state index in [1.165, 1.54) is 12.2 Å². The van der Waals surface area contributed by atoms with Gasteiger partial charge in [0, 0.05) is 24.7 Å². The number of thioether (sulfide) groups is 1. The molecule has 0 aliphatic carbocycles. The van der Waals surface area contributed by atoms with E-state index in [-0.39, 0.29) is 0 Å². The van der Waals surface area contributed by atoms with Gasteiger partial charge in [-0.05, 0) is 18.4 Å². The van der Waals surface area contributed by atoms with E-state index < -0.39 is 0 Å². The van der Waals surface area contributed by atoms with Gasteiger partial charge in [0.2, 0.25) is 0 Å². The van der Waals surface area contributed by atoms with Gasteiger partial charge in [-0.25, -0.2) is 0 Å². The van der Waals surface area contributed by atoms with E-state index in [2.05, 4.69) is 33.0 Å². The Morgan fingerprint density at radius 1 is 1.33 bits per heavy atom. The summed E-state index contributed by atoms with van der Waals surface area (Å²) in [6, 6.07) is 0.597. The average molecular weight is 233 g/mol. The fourth-order valence-electron chi connectivity index (χ4n) is 1.28. The summed E-state index contributed by atoms with van der Waals surface area (Å²) < 4.78 is 5.05. The third-order valence-corrected chi connectivity index (χ3v) is 3.43. The minimum Gasteiger partial charge on any atom is -0.384 e. The predicted molar refractivity (Wildman–Crippen MR) is 70.7 cm³/mol. The molecule has 0 aromatic carbocycles. The minimum atomic E-state index is 0.343. The highest BCUT2D eigenvalue weighted by Gasteiger charge is 2.23. The van der Waals surface area contributed by atoms with E-state index in [1.54, 1.807) is 7.11 Å². The van der Waals surface area contributed by atoms with Crippen LogP contribution in [-0.2, 0) is 4.74 Å². The normalized spacial score (nSPS) is 14.2. The highest BCUT2D eigenvalue weighted by Crippen LogP contribution is 2.22. The van der Waals surface area contributed by atoms with Crippen LogP contribution in [0.1, 0.15) is 34.1 Å². The number of rotatable bonds is 8. The lowest BCUT2D eigenvalue weighted by Crippen LogP contribution is -2.42. The van der Waals surface area contributed by atoms with E-state index in [0.29, 0.717) is 11.5 Å². The minimum absolute atomic E-state index is 0.343. The zero-order valence-corrected chi connectivity index (χ0v) is 11.7.